The first-order valence-corrected chi connectivity index (χ1v) is 9.68. The van der Waals surface area contributed by atoms with Gasteiger partial charge in [-0.1, -0.05) is 48.5 Å². The summed E-state index contributed by atoms with van der Waals surface area (Å²) in [6.07, 6.45) is -0.498. The summed E-state index contributed by atoms with van der Waals surface area (Å²) in [4.78, 5) is 22.9. The molecule has 0 atom stereocenters. The molecule has 0 unspecified atom stereocenters. The fourth-order valence-electron chi connectivity index (χ4n) is 3.67. The van der Waals surface area contributed by atoms with Crippen molar-refractivity contribution in [2.45, 2.75) is 5.92 Å². The number of nitrogens with one attached hydrogen (secondary N) is 1. The van der Waals surface area contributed by atoms with Crippen molar-refractivity contribution >= 4 is 12.1 Å². The second-order valence-electron chi connectivity index (χ2n) is 6.93. The van der Waals surface area contributed by atoms with Gasteiger partial charge in [0.25, 0.3) is 0 Å². The summed E-state index contributed by atoms with van der Waals surface area (Å²) < 4.78 is 11.0. The van der Waals surface area contributed by atoms with Gasteiger partial charge in [-0.05, 0) is 46.5 Å². The van der Waals surface area contributed by atoms with Gasteiger partial charge >= 0.3 is 12.1 Å². The van der Waals surface area contributed by atoms with Crippen LogP contribution in [-0.2, 0) is 4.74 Å². The lowest BCUT2D eigenvalue weighted by atomic mass is 9.98. The monoisotopic (exact) mass is 403 g/mol. The van der Waals surface area contributed by atoms with Crippen LogP contribution in [0.4, 0.5) is 4.79 Å². The first kappa shape index (κ1) is 19.5. The number of benzene rings is 3. The average molecular weight is 403 g/mol. The first-order chi connectivity index (χ1) is 14.6. The van der Waals surface area contributed by atoms with Crippen LogP contribution in [0.5, 0.6) is 5.75 Å². The van der Waals surface area contributed by atoms with E-state index in [1.807, 2.05) is 24.3 Å². The molecule has 0 aromatic heterocycles. The Morgan fingerprint density at radius 3 is 2.07 bits per heavy atom. The van der Waals surface area contributed by atoms with Gasteiger partial charge in [0.1, 0.15) is 19.0 Å². The van der Waals surface area contributed by atoms with E-state index in [9.17, 15) is 9.59 Å². The third-order valence-corrected chi connectivity index (χ3v) is 5.09. The van der Waals surface area contributed by atoms with E-state index in [1.165, 1.54) is 34.4 Å². The molecule has 0 aliphatic heterocycles. The van der Waals surface area contributed by atoms with E-state index < -0.39 is 12.1 Å². The molecule has 1 amide bonds. The summed E-state index contributed by atoms with van der Waals surface area (Å²) in [5, 5.41) is 11.6. The van der Waals surface area contributed by atoms with Crippen molar-refractivity contribution in [1.82, 2.24) is 5.32 Å². The third-order valence-electron chi connectivity index (χ3n) is 5.09. The van der Waals surface area contributed by atoms with Gasteiger partial charge in [0.05, 0.1) is 12.1 Å². The Bertz CT molecular complexity index is 1020. The molecule has 3 aromatic carbocycles. The van der Waals surface area contributed by atoms with E-state index in [0.29, 0.717) is 5.75 Å². The number of ether oxygens (including phenoxy) is 2. The van der Waals surface area contributed by atoms with Crippen molar-refractivity contribution in [3.8, 4) is 16.9 Å². The van der Waals surface area contributed by atoms with Gasteiger partial charge in [0, 0.05) is 5.92 Å². The number of carbonyl (C=O) groups is 2. The van der Waals surface area contributed by atoms with E-state index in [-0.39, 0.29) is 31.2 Å². The zero-order chi connectivity index (χ0) is 20.9. The smallest absolute Gasteiger partial charge is 0.407 e. The van der Waals surface area contributed by atoms with Gasteiger partial charge in [-0.2, -0.15) is 0 Å². The largest absolute Gasteiger partial charge is 0.492 e. The summed E-state index contributed by atoms with van der Waals surface area (Å²) in [6, 6.07) is 22.5. The number of amides is 1. The van der Waals surface area contributed by atoms with Crippen LogP contribution in [-0.4, -0.2) is 36.9 Å². The van der Waals surface area contributed by atoms with Crippen molar-refractivity contribution in [2.75, 3.05) is 19.8 Å². The quantitative estimate of drug-likeness (QED) is 0.575. The molecule has 0 radical (unpaired) electrons. The molecule has 0 saturated heterocycles. The molecule has 6 nitrogen and oxygen atoms in total. The molecule has 0 heterocycles. The molecule has 4 rings (SSSR count). The molecule has 2 N–H and O–H groups in total. The minimum Gasteiger partial charge on any atom is -0.492 e. The van der Waals surface area contributed by atoms with E-state index in [4.69, 9.17) is 14.6 Å². The topological polar surface area (TPSA) is 84.9 Å². The number of hydrogen-bond donors (Lipinski definition) is 2. The van der Waals surface area contributed by atoms with Gasteiger partial charge in [-0.15, -0.1) is 0 Å². The highest BCUT2D eigenvalue weighted by Crippen LogP contribution is 2.44. The maximum atomic E-state index is 12.1. The standard InChI is InChI=1S/C24H21NO5/c26-23(27)16-9-11-17(12-10-16)29-14-13-25-24(28)30-15-22-20-7-3-1-5-18(20)19-6-2-4-8-21(19)22/h1-12,22H,13-15H2,(H,25,28)(H,26,27). The zero-order valence-electron chi connectivity index (χ0n) is 16.2. The maximum Gasteiger partial charge on any atom is 0.407 e. The lowest BCUT2D eigenvalue weighted by Gasteiger charge is -2.14. The van der Waals surface area contributed by atoms with E-state index >= 15 is 0 Å². The number of carboxylic acids is 1. The van der Waals surface area contributed by atoms with Crippen molar-refractivity contribution in [2.24, 2.45) is 0 Å². The first-order valence-electron chi connectivity index (χ1n) is 9.68. The highest BCUT2D eigenvalue weighted by molar-refractivity contribution is 5.87. The Balaban J connectivity index is 1.26. The lowest BCUT2D eigenvalue weighted by Crippen LogP contribution is -2.29. The maximum absolute atomic E-state index is 12.1. The van der Waals surface area contributed by atoms with Crippen LogP contribution >= 0.6 is 0 Å². The highest BCUT2D eigenvalue weighted by Gasteiger charge is 2.28. The molecule has 0 fully saturated rings. The Labute approximate surface area is 174 Å². The van der Waals surface area contributed by atoms with Crippen molar-refractivity contribution in [1.29, 1.82) is 0 Å². The predicted octanol–water partition coefficient (Wildman–Crippen LogP) is 4.30. The number of carbonyl (C=O) groups excluding carboxylic acids is 1. The normalized spacial score (nSPS) is 12.0. The predicted molar refractivity (Wildman–Crippen MR) is 112 cm³/mol. The molecule has 30 heavy (non-hydrogen) atoms. The van der Waals surface area contributed by atoms with Gasteiger partial charge in [-0.25, -0.2) is 9.59 Å². The number of carboxylic acid groups (broad SMARTS) is 1. The Kier molecular flexibility index (Phi) is 5.66. The Morgan fingerprint density at radius 1 is 0.867 bits per heavy atom. The second-order valence-corrected chi connectivity index (χ2v) is 6.93. The Morgan fingerprint density at radius 2 is 1.47 bits per heavy atom. The van der Waals surface area contributed by atoms with Gasteiger partial charge in [0.15, 0.2) is 0 Å². The molecular formula is C24H21NO5. The summed E-state index contributed by atoms with van der Waals surface area (Å²) in [5.74, 6) is -0.431. The minimum atomic E-state index is -0.988. The van der Waals surface area contributed by atoms with Crippen molar-refractivity contribution < 1.29 is 24.2 Å². The van der Waals surface area contributed by atoms with Crippen molar-refractivity contribution in [3.05, 3.63) is 89.5 Å². The van der Waals surface area contributed by atoms with Crippen LogP contribution in [0.1, 0.15) is 27.4 Å². The van der Waals surface area contributed by atoms with Gasteiger partial charge in [0.2, 0.25) is 0 Å². The fraction of sp³-hybridized carbons (Fsp3) is 0.167. The lowest BCUT2D eigenvalue weighted by molar-refractivity contribution is 0.0696. The molecular weight excluding hydrogens is 382 g/mol. The summed E-state index contributed by atoms with van der Waals surface area (Å²) >= 11 is 0. The number of fused-ring (bicyclic) bond motifs is 3. The molecule has 1 aliphatic rings. The van der Waals surface area contributed by atoms with Gasteiger partial charge in [-0.3, -0.25) is 0 Å². The fourth-order valence-corrected chi connectivity index (χ4v) is 3.67. The third kappa shape index (κ3) is 4.12. The molecule has 0 bridgehead atoms. The minimum absolute atomic E-state index is 0.0205. The van der Waals surface area contributed by atoms with Crippen LogP contribution in [0.15, 0.2) is 72.8 Å². The SMILES string of the molecule is O=C(NCCOc1ccc(C(=O)O)cc1)OCC1c2ccccc2-c2ccccc21. The molecule has 1 aliphatic carbocycles. The summed E-state index contributed by atoms with van der Waals surface area (Å²) in [7, 11) is 0. The number of aromatic carboxylic acids is 1. The number of hydrogen-bond acceptors (Lipinski definition) is 4. The molecule has 0 saturated carbocycles. The molecule has 152 valence electrons. The van der Waals surface area contributed by atoms with E-state index in [2.05, 4.69) is 29.6 Å². The average Bonchev–Trinajstić information content (AvgIpc) is 3.09. The van der Waals surface area contributed by atoms with Crippen LogP contribution in [0.25, 0.3) is 11.1 Å². The Hall–Kier alpha value is -3.80. The van der Waals surface area contributed by atoms with E-state index in [1.54, 1.807) is 12.1 Å². The number of rotatable bonds is 7. The van der Waals surface area contributed by atoms with Gasteiger partial charge < -0.3 is 19.9 Å². The van der Waals surface area contributed by atoms with Crippen LogP contribution in [0.3, 0.4) is 0 Å². The van der Waals surface area contributed by atoms with E-state index in [0.717, 1.165) is 0 Å². The summed E-state index contributed by atoms with van der Waals surface area (Å²) in [5.41, 5.74) is 4.90. The molecule has 3 aromatic rings. The van der Waals surface area contributed by atoms with Crippen molar-refractivity contribution in [3.63, 3.8) is 0 Å². The molecule has 0 spiro atoms. The highest BCUT2D eigenvalue weighted by atomic mass is 16.5. The molecule has 6 heteroatoms. The number of alkyl carbamates (subject to hydrolysis) is 1. The summed E-state index contributed by atoms with van der Waals surface area (Å²) in [6.45, 7) is 0.783. The van der Waals surface area contributed by atoms with Crippen LogP contribution in [0.2, 0.25) is 0 Å². The van der Waals surface area contributed by atoms with Crippen LogP contribution < -0.4 is 10.1 Å². The zero-order valence-corrected chi connectivity index (χ0v) is 16.2. The van der Waals surface area contributed by atoms with Crippen LogP contribution in [0, 0.1) is 0 Å². The second kappa shape index (κ2) is 8.69.